The molecular weight excluding hydrogens is 544 g/mol. The number of aliphatic hydroxyl groups excluding tert-OH is 1. The zero-order chi connectivity index (χ0) is 28.8. The summed E-state index contributed by atoms with van der Waals surface area (Å²) in [4.78, 5) is 18.3. The normalized spacial score (nSPS) is 22.3. The van der Waals surface area contributed by atoms with Crippen molar-refractivity contribution in [3.05, 3.63) is 41.5 Å². The lowest BCUT2D eigenvalue weighted by Crippen LogP contribution is -2.41. The fourth-order valence-corrected chi connectivity index (χ4v) is 7.45. The summed E-state index contributed by atoms with van der Waals surface area (Å²) in [6.07, 6.45) is 5.47. The molecule has 4 aliphatic rings. The zero-order valence-corrected chi connectivity index (χ0v) is 24.6. The van der Waals surface area contributed by atoms with Crippen LogP contribution < -0.4 is 24.6 Å². The van der Waals surface area contributed by atoms with E-state index in [0.717, 1.165) is 62.4 Å². The summed E-state index contributed by atoms with van der Waals surface area (Å²) in [7, 11) is -3.85. The number of sulfonamides is 1. The fourth-order valence-electron chi connectivity index (χ4n) is 6.20. The number of anilines is 3. The summed E-state index contributed by atoms with van der Waals surface area (Å²) < 4.78 is 40.4. The van der Waals surface area contributed by atoms with E-state index in [2.05, 4.69) is 19.8 Å². The molecule has 0 unspecified atom stereocenters. The number of morpholine rings is 1. The third-order valence-electron chi connectivity index (χ3n) is 8.89. The molecule has 2 aromatic rings. The molecule has 1 saturated carbocycles. The Hall–Kier alpha value is -2.86. The molecule has 2 aromatic carbocycles. The molecule has 1 amide bonds. The van der Waals surface area contributed by atoms with Gasteiger partial charge in [0, 0.05) is 49.8 Å². The topological polar surface area (TPSA) is 120 Å². The van der Waals surface area contributed by atoms with Gasteiger partial charge < -0.3 is 29.7 Å². The number of amides is 1. The zero-order valence-electron chi connectivity index (χ0n) is 23.8. The molecule has 3 aliphatic heterocycles. The first-order valence-electron chi connectivity index (χ1n) is 14.7. The van der Waals surface area contributed by atoms with E-state index in [1.165, 1.54) is 18.9 Å². The Kier molecular flexibility index (Phi) is 7.65. The molecule has 0 aromatic heterocycles. The van der Waals surface area contributed by atoms with Crippen LogP contribution in [0.1, 0.15) is 55.5 Å². The minimum absolute atomic E-state index is 0.0878. The number of carbonyl (C=O) groups is 1. The van der Waals surface area contributed by atoms with Gasteiger partial charge in [0.2, 0.25) is 10.0 Å². The van der Waals surface area contributed by atoms with Crippen LogP contribution in [0, 0.1) is 5.41 Å². The number of aliphatic hydroxyl groups is 1. The number of nitrogens with zero attached hydrogens (tertiary/aromatic N) is 2. The molecule has 10 nitrogen and oxygen atoms in total. The maximum atomic E-state index is 13.8. The van der Waals surface area contributed by atoms with Crippen molar-refractivity contribution >= 4 is 33.0 Å². The summed E-state index contributed by atoms with van der Waals surface area (Å²) in [5, 5.41) is 12.5. The summed E-state index contributed by atoms with van der Waals surface area (Å²) in [6, 6.07) is 8.02. The lowest BCUT2D eigenvalue weighted by atomic mass is 9.93. The number of piperidine rings is 1. The van der Waals surface area contributed by atoms with Gasteiger partial charge in [-0.1, -0.05) is 0 Å². The van der Waals surface area contributed by atoms with Gasteiger partial charge in [0.25, 0.3) is 5.91 Å². The molecule has 0 radical (unpaired) electrons. The maximum Gasteiger partial charge on any atom is 0.255 e. The number of fused-ring (bicyclic) bond motifs is 1. The second-order valence-corrected chi connectivity index (χ2v) is 13.7. The van der Waals surface area contributed by atoms with Gasteiger partial charge in [-0.25, -0.2) is 13.1 Å². The average Bonchev–Trinajstić information content (AvgIpc) is 3.53. The molecule has 3 heterocycles. The van der Waals surface area contributed by atoms with Crippen LogP contribution in [0.15, 0.2) is 35.2 Å². The standard InChI is InChI=1S/C30H40N4O6S/c1-20(19-35)32-41(37,38)24-3-4-25(26(17-24)33-10-8-30(6-7-30)9-11-33)31-29(36)23-15-22-5-13-40-28(22)27(16-23)34-12-14-39-21(2)18-34/h3-4,15-17,20-21,32,35H,5-14,18-19H2,1-2H3,(H,31,36)/t20-,21+/m0/s1. The SMILES string of the molecule is C[C@@H]1CN(c2cc(C(=O)Nc3ccc(S(=O)(=O)N[C@@H](C)CO)cc3N3CCC4(CC3)CC4)cc3c2OCC3)CCO1. The highest BCUT2D eigenvalue weighted by molar-refractivity contribution is 7.89. The Bertz CT molecular complexity index is 1420. The van der Waals surface area contributed by atoms with Crippen molar-refractivity contribution in [3.63, 3.8) is 0 Å². The Balaban J connectivity index is 1.31. The van der Waals surface area contributed by atoms with Gasteiger partial charge in [0.1, 0.15) is 5.75 Å². The van der Waals surface area contributed by atoms with Gasteiger partial charge in [-0.2, -0.15) is 0 Å². The molecule has 222 valence electrons. The molecule has 0 bridgehead atoms. The van der Waals surface area contributed by atoms with E-state index < -0.39 is 16.1 Å². The summed E-state index contributed by atoms with van der Waals surface area (Å²) in [5.74, 6) is 0.597. The second kappa shape index (κ2) is 11.1. The highest BCUT2D eigenvalue weighted by Gasteiger charge is 2.44. The number of carbonyl (C=O) groups excluding carboxylic acids is 1. The van der Waals surface area contributed by atoms with Crippen LogP contribution in [0.25, 0.3) is 0 Å². The third-order valence-corrected chi connectivity index (χ3v) is 10.5. The quantitative estimate of drug-likeness (QED) is 0.433. The van der Waals surface area contributed by atoms with Crippen molar-refractivity contribution in [1.82, 2.24) is 4.72 Å². The lowest BCUT2D eigenvalue weighted by Gasteiger charge is -2.35. The lowest BCUT2D eigenvalue weighted by molar-refractivity contribution is 0.0530. The Morgan fingerprint density at radius 3 is 2.56 bits per heavy atom. The van der Waals surface area contributed by atoms with Crippen molar-refractivity contribution in [3.8, 4) is 5.75 Å². The van der Waals surface area contributed by atoms with Crippen molar-refractivity contribution < 1.29 is 27.8 Å². The van der Waals surface area contributed by atoms with Crippen molar-refractivity contribution in [2.45, 2.75) is 63.0 Å². The van der Waals surface area contributed by atoms with E-state index in [-0.39, 0.29) is 23.5 Å². The predicted octanol–water partition coefficient (Wildman–Crippen LogP) is 3.14. The van der Waals surface area contributed by atoms with E-state index >= 15 is 0 Å². The first-order valence-corrected chi connectivity index (χ1v) is 16.1. The van der Waals surface area contributed by atoms with E-state index in [4.69, 9.17) is 9.47 Å². The van der Waals surface area contributed by atoms with Gasteiger partial charge in [-0.15, -0.1) is 0 Å². The number of hydrogen-bond acceptors (Lipinski definition) is 8. The monoisotopic (exact) mass is 584 g/mol. The molecule has 1 spiro atoms. The van der Waals surface area contributed by atoms with Crippen LogP contribution in [0.4, 0.5) is 17.1 Å². The van der Waals surface area contributed by atoms with Crippen LogP contribution in [0.5, 0.6) is 5.75 Å². The number of hydrogen-bond donors (Lipinski definition) is 3. The number of nitrogens with one attached hydrogen (secondary N) is 2. The average molecular weight is 585 g/mol. The third kappa shape index (κ3) is 5.90. The molecule has 2 saturated heterocycles. The minimum Gasteiger partial charge on any atom is -0.491 e. The summed E-state index contributed by atoms with van der Waals surface area (Å²) in [6.45, 7) is 7.63. The largest absolute Gasteiger partial charge is 0.491 e. The highest BCUT2D eigenvalue weighted by atomic mass is 32.2. The number of benzene rings is 2. The van der Waals surface area contributed by atoms with Crippen LogP contribution in [0.2, 0.25) is 0 Å². The molecule has 2 atom stereocenters. The van der Waals surface area contributed by atoms with E-state index in [1.807, 2.05) is 19.1 Å². The van der Waals surface area contributed by atoms with Gasteiger partial charge in [0.05, 0.1) is 47.9 Å². The minimum atomic E-state index is -3.85. The van der Waals surface area contributed by atoms with Crippen molar-refractivity contribution in [2.75, 3.05) is 61.1 Å². The van der Waals surface area contributed by atoms with Crippen LogP contribution in [-0.2, 0) is 21.2 Å². The van der Waals surface area contributed by atoms with Gasteiger partial charge >= 0.3 is 0 Å². The predicted molar refractivity (Wildman–Crippen MR) is 158 cm³/mol. The molecule has 6 rings (SSSR count). The molecule has 1 aliphatic carbocycles. The van der Waals surface area contributed by atoms with Crippen LogP contribution in [0.3, 0.4) is 0 Å². The Labute approximate surface area is 242 Å². The van der Waals surface area contributed by atoms with E-state index in [0.29, 0.717) is 35.6 Å². The molecule has 41 heavy (non-hydrogen) atoms. The summed E-state index contributed by atoms with van der Waals surface area (Å²) >= 11 is 0. The Morgan fingerprint density at radius 2 is 1.85 bits per heavy atom. The van der Waals surface area contributed by atoms with E-state index in [1.54, 1.807) is 19.1 Å². The number of ether oxygens (including phenoxy) is 2. The molecular formula is C30H40N4O6S. The van der Waals surface area contributed by atoms with Crippen LogP contribution in [-0.4, -0.2) is 77.6 Å². The van der Waals surface area contributed by atoms with Gasteiger partial charge in [0.15, 0.2) is 0 Å². The first-order chi connectivity index (χ1) is 19.7. The maximum absolute atomic E-state index is 13.8. The van der Waals surface area contributed by atoms with Crippen molar-refractivity contribution in [1.29, 1.82) is 0 Å². The fraction of sp³-hybridized carbons (Fsp3) is 0.567. The van der Waals surface area contributed by atoms with Gasteiger partial charge in [-0.3, -0.25) is 4.79 Å². The summed E-state index contributed by atoms with van der Waals surface area (Å²) in [5.41, 5.74) is 4.19. The van der Waals surface area contributed by atoms with Crippen LogP contribution >= 0.6 is 0 Å². The van der Waals surface area contributed by atoms with E-state index in [9.17, 15) is 18.3 Å². The van der Waals surface area contributed by atoms with Crippen molar-refractivity contribution in [2.24, 2.45) is 5.41 Å². The molecule has 11 heteroatoms. The molecule has 3 N–H and O–H groups in total. The van der Waals surface area contributed by atoms with Gasteiger partial charge in [-0.05, 0) is 75.3 Å². The first kappa shape index (κ1) is 28.3. The Morgan fingerprint density at radius 1 is 1.07 bits per heavy atom. The number of rotatable bonds is 8. The smallest absolute Gasteiger partial charge is 0.255 e. The highest BCUT2D eigenvalue weighted by Crippen LogP contribution is 2.54. The second-order valence-electron chi connectivity index (χ2n) is 12.0. The molecule has 3 fully saturated rings.